The third-order valence-electron chi connectivity index (χ3n) is 13.6. The molecule has 0 spiro atoms. The molecule has 1 aliphatic carbocycles. The number of anilines is 5. The van der Waals surface area contributed by atoms with E-state index in [4.69, 9.17) is 4.42 Å². The largest absolute Gasteiger partial charge is 0.456 e. The molecule has 5 heteroatoms. The minimum absolute atomic E-state index is 0.0313. The van der Waals surface area contributed by atoms with Crippen molar-refractivity contribution in [2.24, 2.45) is 0 Å². The molecule has 6 aromatic carbocycles. The van der Waals surface area contributed by atoms with Gasteiger partial charge in [-0.15, -0.1) is 11.3 Å². The quantitative estimate of drug-likeness (QED) is 0.164. The number of hydrogen-bond acceptors (Lipinski definition) is 4. The molecular formula is C52H49BN2OS. The molecule has 0 saturated heterocycles. The number of furan rings is 1. The predicted molar refractivity (Wildman–Crippen MR) is 246 cm³/mol. The van der Waals surface area contributed by atoms with Gasteiger partial charge in [0, 0.05) is 53.9 Å². The molecule has 0 atom stereocenters. The fraction of sp³-hybridized carbons (Fsp3) is 0.269. The monoisotopic (exact) mass is 760 g/mol. The second-order valence-corrected chi connectivity index (χ2v) is 20.4. The number of rotatable bonds is 2. The number of aryl methyl sites for hydroxylation is 2. The number of thiophene rings is 1. The molecule has 0 saturated carbocycles. The SMILES string of the molecule is Cc1cc2c3c(c1)N(c1cc4c(cc1C)C(C)(C)CCC4(C)C)c1c(sc4ccccc14)B3N(c1ccc(C(C)(C)C)cc1)c1ccc3oc4ccccc4c3c1-2. The number of nitrogens with zero attached hydrogens (tertiary/aromatic N) is 2. The van der Waals surface area contributed by atoms with Gasteiger partial charge < -0.3 is 14.1 Å². The molecule has 11 rings (SSSR count). The average Bonchev–Trinajstić information content (AvgIpc) is 3.75. The molecule has 57 heavy (non-hydrogen) atoms. The molecule has 0 fully saturated rings. The lowest BCUT2D eigenvalue weighted by Crippen LogP contribution is -2.60. The van der Waals surface area contributed by atoms with Crippen molar-refractivity contribution in [3.05, 3.63) is 137 Å². The van der Waals surface area contributed by atoms with E-state index >= 15 is 0 Å². The third-order valence-corrected chi connectivity index (χ3v) is 14.8. The normalized spacial score (nSPS) is 16.5. The van der Waals surface area contributed by atoms with Crippen molar-refractivity contribution in [3.8, 4) is 11.1 Å². The highest BCUT2D eigenvalue weighted by molar-refractivity contribution is 7.32. The summed E-state index contributed by atoms with van der Waals surface area (Å²) in [7, 11) is 0. The molecular weight excluding hydrogens is 711 g/mol. The van der Waals surface area contributed by atoms with Crippen molar-refractivity contribution >= 4 is 88.9 Å². The van der Waals surface area contributed by atoms with Gasteiger partial charge >= 0.3 is 6.85 Å². The molecule has 3 aliphatic rings. The van der Waals surface area contributed by atoms with E-state index in [1.54, 1.807) is 0 Å². The van der Waals surface area contributed by atoms with Crippen LogP contribution in [0, 0.1) is 13.8 Å². The Hall–Kier alpha value is -5.26. The van der Waals surface area contributed by atoms with Gasteiger partial charge in [-0.05, 0) is 130 Å². The highest BCUT2D eigenvalue weighted by Crippen LogP contribution is 2.55. The molecule has 0 N–H and O–H groups in total. The van der Waals surface area contributed by atoms with Crippen LogP contribution in [0.3, 0.4) is 0 Å². The van der Waals surface area contributed by atoms with Crippen molar-refractivity contribution in [2.75, 3.05) is 9.71 Å². The highest BCUT2D eigenvalue weighted by atomic mass is 32.1. The Kier molecular flexibility index (Phi) is 7.15. The topological polar surface area (TPSA) is 19.6 Å². The van der Waals surface area contributed by atoms with E-state index in [-0.39, 0.29) is 23.1 Å². The number of benzene rings is 6. The number of fused-ring (bicyclic) bond motifs is 11. The second-order valence-electron chi connectivity index (χ2n) is 19.3. The van der Waals surface area contributed by atoms with Crippen LogP contribution in [0.25, 0.3) is 43.2 Å². The summed E-state index contributed by atoms with van der Waals surface area (Å²) in [5.41, 5.74) is 19.2. The molecule has 3 nitrogen and oxygen atoms in total. The van der Waals surface area contributed by atoms with Gasteiger partial charge in [-0.3, -0.25) is 0 Å². The van der Waals surface area contributed by atoms with E-state index in [1.807, 2.05) is 11.3 Å². The lowest BCUT2D eigenvalue weighted by atomic mass is 9.46. The van der Waals surface area contributed by atoms with Crippen LogP contribution in [0.1, 0.15) is 89.1 Å². The molecule has 0 unspecified atom stereocenters. The first kappa shape index (κ1) is 35.0. The zero-order valence-corrected chi connectivity index (χ0v) is 35.4. The summed E-state index contributed by atoms with van der Waals surface area (Å²) in [6.07, 6.45) is 2.38. The molecule has 0 radical (unpaired) electrons. The Morgan fingerprint density at radius 1 is 0.684 bits per heavy atom. The molecule has 0 bridgehead atoms. The Labute approximate surface area is 341 Å². The van der Waals surface area contributed by atoms with Gasteiger partial charge in [-0.2, -0.15) is 0 Å². The van der Waals surface area contributed by atoms with Crippen LogP contribution in [0.5, 0.6) is 0 Å². The van der Waals surface area contributed by atoms with E-state index in [2.05, 4.69) is 181 Å². The molecule has 2 aromatic heterocycles. The summed E-state index contributed by atoms with van der Waals surface area (Å²) in [4.78, 5) is 5.32. The molecule has 8 aromatic rings. The first-order valence-electron chi connectivity index (χ1n) is 20.7. The van der Waals surface area contributed by atoms with E-state index in [0.29, 0.717) is 0 Å². The van der Waals surface area contributed by atoms with Gasteiger partial charge in [-0.1, -0.05) is 109 Å². The van der Waals surface area contributed by atoms with Crippen LogP contribution in [0.4, 0.5) is 28.4 Å². The number of para-hydroxylation sites is 1. The van der Waals surface area contributed by atoms with Gasteiger partial charge in [0.15, 0.2) is 0 Å². The maximum atomic E-state index is 6.62. The summed E-state index contributed by atoms with van der Waals surface area (Å²) < 4.78 is 9.32. The first-order valence-corrected chi connectivity index (χ1v) is 21.5. The maximum absolute atomic E-state index is 6.62. The first-order chi connectivity index (χ1) is 27.2. The summed E-state index contributed by atoms with van der Waals surface area (Å²) in [6.45, 7) is 21.3. The summed E-state index contributed by atoms with van der Waals surface area (Å²) >= 11 is 1.96. The highest BCUT2D eigenvalue weighted by Gasteiger charge is 2.48. The molecule has 282 valence electrons. The predicted octanol–water partition coefficient (Wildman–Crippen LogP) is 13.8. The van der Waals surface area contributed by atoms with E-state index in [1.165, 1.54) is 106 Å². The van der Waals surface area contributed by atoms with Crippen LogP contribution >= 0.6 is 11.3 Å². The smallest absolute Gasteiger partial charge is 0.343 e. The summed E-state index contributed by atoms with van der Waals surface area (Å²) in [5, 5.41) is 3.66. The molecule has 0 amide bonds. The summed E-state index contributed by atoms with van der Waals surface area (Å²) in [6, 6.07) is 41.6. The molecule has 2 aliphatic heterocycles. The third kappa shape index (κ3) is 4.91. The Morgan fingerprint density at radius 3 is 2.11 bits per heavy atom. The lowest BCUT2D eigenvalue weighted by molar-refractivity contribution is 0.332. The van der Waals surface area contributed by atoms with Crippen molar-refractivity contribution < 1.29 is 4.42 Å². The van der Waals surface area contributed by atoms with Crippen LogP contribution in [-0.2, 0) is 16.2 Å². The van der Waals surface area contributed by atoms with Crippen molar-refractivity contribution in [1.82, 2.24) is 0 Å². The zero-order valence-electron chi connectivity index (χ0n) is 34.6. The van der Waals surface area contributed by atoms with Gasteiger partial charge in [0.25, 0.3) is 0 Å². The van der Waals surface area contributed by atoms with Crippen molar-refractivity contribution in [1.29, 1.82) is 0 Å². The van der Waals surface area contributed by atoms with Crippen LogP contribution in [-0.4, -0.2) is 6.85 Å². The van der Waals surface area contributed by atoms with Gasteiger partial charge in [0.2, 0.25) is 0 Å². The fourth-order valence-electron chi connectivity index (χ4n) is 10.5. The minimum atomic E-state index is -0.0313. The van der Waals surface area contributed by atoms with Crippen LogP contribution in [0.2, 0.25) is 0 Å². The fourth-order valence-corrected chi connectivity index (χ4v) is 11.7. The lowest BCUT2D eigenvalue weighted by Gasteiger charge is -2.46. The minimum Gasteiger partial charge on any atom is -0.456 e. The Balaban J connectivity index is 1.28. The Morgan fingerprint density at radius 2 is 1.37 bits per heavy atom. The van der Waals surface area contributed by atoms with Crippen LogP contribution < -0.4 is 20.0 Å². The van der Waals surface area contributed by atoms with Crippen LogP contribution in [0.15, 0.2) is 114 Å². The zero-order chi connectivity index (χ0) is 39.3. The van der Waals surface area contributed by atoms with Crippen molar-refractivity contribution in [2.45, 2.75) is 91.4 Å². The van der Waals surface area contributed by atoms with Gasteiger partial charge in [0.05, 0.1) is 5.69 Å². The van der Waals surface area contributed by atoms with E-state index in [0.717, 1.165) is 16.6 Å². The van der Waals surface area contributed by atoms with Gasteiger partial charge in [0.1, 0.15) is 11.2 Å². The standard InChI is InChI=1S/C52H49BN2OS/c1-30-26-36-45-39(22-23-43-46(45)34-14-10-12-16-42(34)56-43)55(33-20-18-32(19-21-33)50(3,4)5)53-47(36)41(27-30)54(48-35-15-11-13-17-44(35)57-49(48)53)40-29-38-37(28-31(40)2)51(6,7)24-25-52(38,8)9/h10-23,26-29H,24-25H2,1-9H3. The number of hydrogen-bond donors (Lipinski definition) is 0. The molecule has 4 heterocycles. The van der Waals surface area contributed by atoms with Crippen molar-refractivity contribution in [3.63, 3.8) is 0 Å². The average molecular weight is 761 g/mol. The Bertz CT molecular complexity index is 2990. The van der Waals surface area contributed by atoms with Gasteiger partial charge in [-0.25, -0.2) is 0 Å². The summed E-state index contributed by atoms with van der Waals surface area (Å²) in [5.74, 6) is 0. The second kappa shape index (κ2) is 11.7. The maximum Gasteiger partial charge on any atom is 0.343 e. The van der Waals surface area contributed by atoms with E-state index < -0.39 is 0 Å². The van der Waals surface area contributed by atoms with E-state index in [9.17, 15) is 0 Å².